The minimum Gasteiger partial charge on any atom is -0.300 e. The zero-order chi connectivity index (χ0) is 7.56. The van der Waals surface area contributed by atoms with Crippen molar-refractivity contribution in [2.24, 2.45) is 11.8 Å². The van der Waals surface area contributed by atoms with Gasteiger partial charge in [-0.3, -0.25) is 4.79 Å². The van der Waals surface area contributed by atoms with Crippen molar-refractivity contribution in [1.29, 1.82) is 0 Å². The highest BCUT2D eigenvalue weighted by Crippen LogP contribution is 2.33. The molecule has 1 saturated carbocycles. The first kappa shape index (κ1) is 7.77. The van der Waals surface area contributed by atoms with E-state index in [0.29, 0.717) is 17.6 Å². The van der Waals surface area contributed by atoms with Crippen molar-refractivity contribution >= 4 is 5.78 Å². The lowest BCUT2D eigenvalue weighted by molar-refractivity contribution is -0.117. The molecule has 0 aromatic carbocycles. The molecular formula is C9H15O. The summed E-state index contributed by atoms with van der Waals surface area (Å²) in [7, 11) is 0. The van der Waals surface area contributed by atoms with Gasteiger partial charge in [0, 0.05) is 12.8 Å². The monoisotopic (exact) mass is 139 g/mol. The van der Waals surface area contributed by atoms with Crippen LogP contribution in [0, 0.1) is 18.8 Å². The van der Waals surface area contributed by atoms with Crippen LogP contribution in [0.15, 0.2) is 0 Å². The van der Waals surface area contributed by atoms with Gasteiger partial charge in [0.1, 0.15) is 5.78 Å². The SMILES string of the molecule is [CH2]CC1CC(=O)CC1CC. The van der Waals surface area contributed by atoms with Gasteiger partial charge < -0.3 is 0 Å². The molecule has 1 radical (unpaired) electrons. The molecule has 1 heteroatoms. The van der Waals surface area contributed by atoms with Crippen molar-refractivity contribution in [2.75, 3.05) is 0 Å². The van der Waals surface area contributed by atoms with Crippen LogP contribution in [-0.4, -0.2) is 5.78 Å². The summed E-state index contributed by atoms with van der Waals surface area (Å²) < 4.78 is 0. The van der Waals surface area contributed by atoms with Crippen molar-refractivity contribution in [3.63, 3.8) is 0 Å². The third kappa shape index (κ3) is 1.39. The number of rotatable bonds is 2. The van der Waals surface area contributed by atoms with Crippen LogP contribution in [0.5, 0.6) is 0 Å². The topological polar surface area (TPSA) is 17.1 Å². The highest BCUT2D eigenvalue weighted by atomic mass is 16.1. The molecule has 0 heterocycles. The summed E-state index contributed by atoms with van der Waals surface area (Å²) in [5.41, 5.74) is 0. The predicted molar refractivity (Wildman–Crippen MR) is 41.5 cm³/mol. The van der Waals surface area contributed by atoms with E-state index in [-0.39, 0.29) is 0 Å². The fraction of sp³-hybridized carbons (Fsp3) is 0.778. The molecule has 0 amide bonds. The number of carbonyl (C=O) groups is 1. The Kier molecular flexibility index (Phi) is 2.47. The molecule has 0 aliphatic heterocycles. The Morgan fingerprint density at radius 2 is 2.10 bits per heavy atom. The average Bonchev–Trinajstić information content (AvgIpc) is 2.30. The largest absolute Gasteiger partial charge is 0.300 e. The molecule has 2 atom stereocenters. The summed E-state index contributed by atoms with van der Waals surface area (Å²) in [6.07, 6.45) is 3.69. The molecule has 0 saturated heterocycles. The molecule has 0 aromatic heterocycles. The van der Waals surface area contributed by atoms with Gasteiger partial charge in [-0.05, 0) is 18.3 Å². The Labute approximate surface area is 62.8 Å². The minimum atomic E-state index is 0.445. The van der Waals surface area contributed by atoms with E-state index in [0.717, 1.165) is 25.7 Å². The van der Waals surface area contributed by atoms with Crippen LogP contribution in [0.3, 0.4) is 0 Å². The molecule has 1 nitrogen and oxygen atoms in total. The van der Waals surface area contributed by atoms with Gasteiger partial charge in [0.15, 0.2) is 0 Å². The van der Waals surface area contributed by atoms with Crippen molar-refractivity contribution in [3.8, 4) is 0 Å². The highest BCUT2D eigenvalue weighted by molar-refractivity contribution is 5.81. The number of ketones is 1. The lowest BCUT2D eigenvalue weighted by atomic mass is 9.92. The van der Waals surface area contributed by atoms with Crippen LogP contribution < -0.4 is 0 Å². The van der Waals surface area contributed by atoms with Crippen molar-refractivity contribution in [2.45, 2.75) is 32.6 Å². The van der Waals surface area contributed by atoms with Crippen molar-refractivity contribution in [1.82, 2.24) is 0 Å². The zero-order valence-corrected chi connectivity index (χ0v) is 6.60. The van der Waals surface area contributed by atoms with E-state index in [4.69, 9.17) is 0 Å². The smallest absolute Gasteiger partial charge is 0.133 e. The summed E-state index contributed by atoms with van der Waals surface area (Å²) >= 11 is 0. The molecule has 0 aromatic rings. The number of Topliss-reactive ketones (excluding diaryl/α,β-unsaturated/α-hetero) is 1. The van der Waals surface area contributed by atoms with Crippen molar-refractivity contribution < 1.29 is 4.79 Å². The van der Waals surface area contributed by atoms with Crippen LogP contribution in [0.25, 0.3) is 0 Å². The molecule has 0 bridgehead atoms. The van der Waals surface area contributed by atoms with Crippen LogP contribution in [0.2, 0.25) is 0 Å². The zero-order valence-electron chi connectivity index (χ0n) is 6.60. The first-order valence-corrected chi connectivity index (χ1v) is 4.08. The molecule has 2 unspecified atom stereocenters. The number of carbonyl (C=O) groups excluding carboxylic acids is 1. The highest BCUT2D eigenvalue weighted by Gasteiger charge is 2.29. The van der Waals surface area contributed by atoms with E-state index in [1.807, 2.05) is 0 Å². The second kappa shape index (κ2) is 3.18. The summed E-state index contributed by atoms with van der Waals surface area (Å²) in [4.78, 5) is 11.0. The Balaban J connectivity index is 2.48. The lowest BCUT2D eigenvalue weighted by Gasteiger charge is -2.13. The van der Waals surface area contributed by atoms with E-state index >= 15 is 0 Å². The van der Waals surface area contributed by atoms with E-state index in [1.165, 1.54) is 0 Å². The number of hydrogen-bond donors (Lipinski definition) is 0. The molecule has 0 spiro atoms. The molecule has 0 N–H and O–H groups in total. The van der Waals surface area contributed by atoms with Gasteiger partial charge in [-0.25, -0.2) is 0 Å². The maximum atomic E-state index is 11.0. The molecule has 10 heavy (non-hydrogen) atoms. The van der Waals surface area contributed by atoms with E-state index in [2.05, 4.69) is 13.8 Å². The normalized spacial score (nSPS) is 33.2. The Morgan fingerprint density at radius 1 is 1.50 bits per heavy atom. The maximum Gasteiger partial charge on any atom is 0.133 e. The molecule has 1 aliphatic rings. The van der Waals surface area contributed by atoms with E-state index < -0.39 is 0 Å². The van der Waals surface area contributed by atoms with Crippen LogP contribution in [0.4, 0.5) is 0 Å². The van der Waals surface area contributed by atoms with Gasteiger partial charge in [-0.2, -0.15) is 0 Å². The van der Waals surface area contributed by atoms with Gasteiger partial charge in [-0.15, -0.1) is 0 Å². The third-order valence-corrected chi connectivity index (χ3v) is 2.54. The van der Waals surface area contributed by atoms with Gasteiger partial charge in [-0.1, -0.05) is 20.3 Å². The van der Waals surface area contributed by atoms with Gasteiger partial charge in [0.05, 0.1) is 0 Å². The quantitative estimate of drug-likeness (QED) is 0.573. The summed E-state index contributed by atoms with van der Waals surface area (Å²) in [5.74, 6) is 1.68. The first-order chi connectivity index (χ1) is 4.77. The summed E-state index contributed by atoms with van der Waals surface area (Å²) in [5, 5.41) is 0. The van der Waals surface area contributed by atoms with Crippen LogP contribution >= 0.6 is 0 Å². The first-order valence-electron chi connectivity index (χ1n) is 4.08. The third-order valence-electron chi connectivity index (χ3n) is 2.54. The second-order valence-corrected chi connectivity index (χ2v) is 3.16. The Bertz CT molecular complexity index is 115. The van der Waals surface area contributed by atoms with Gasteiger partial charge in [0.25, 0.3) is 0 Å². The maximum absolute atomic E-state index is 11.0. The standard InChI is InChI=1S/C9H15O/c1-3-7-5-9(10)6-8(7)4-2/h7-8H,1,3-6H2,2H3. The summed E-state index contributed by atoms with van der Waals surface area (Å²) in [6.45, 7) is 6.01. The summed E-state index contributed by atoms with van der Waals surface area (Å²) in [6, 6.07) is 0. The molecule has 1 rings (SSSR count). The molecule has 1 fully saturated rings. The average molecular weight is 139 g/mol. The molecule has 1 aliphatic carbocycles. The van der Waals surface area contributed by atoms with E-state index in [1.54, 1.807) is 0 Å². The van der Waals surface area contributed by atoms with Crippen LogP contribution in [-0.2, 0) is 4.79 Å². The minimum absolute atomic E-state index is 0.445. The second-order valence-electron chi connectivity index (χ2n) is 3.16. The Hall–Kier alpha value is -0.330. The number of hydrogen-bond acceptors (Lipinski definition) is 1. The van der Waals surface area contributed by atoms with Crippen molar-refractivity contribution in [3.05, 3.63) is 6.92 Å². The Morgan fingerprint density at radius 3 is 2.50 bits per heavy atom. The molecular weight excluding hydrogens is 124 g/mol. The van der Waals surface area contributed by atoms with Crippen LogP contribution in [0.1, 0.15) is 32.6 Å². The van der Waals surface area contributed by atoms with Gasteiger partial charge >= 0.3 is 0 Å². The fourth-order valence-corrected chi connectivity index (χ4v) is 1.82. The predicted octanol–water partition coefficient (Wildman–Crippen LogP) is 2.22. The van der Waals surface area contributed by atoms with Gasteiger partial charge in [0.2, 0.25) is 0 Å². The molecule has 57 valence electrons. The fourth-order valence-electron chi connectivity index (χ4n) is 1.82. The lowest BCUT2D eigenvalue weighted by Crippen LogP contribution is -2.04. The van der Waals surface area contributed by atoms with E-state index in [9.17, 15) is 4.79 Å².